The first-order valence-corrected chi connectivity index (χ1v) is 5.32. The molecule has 0 aliphatic carbocycles. The lowest BCUT2D eigenvalue weighted by Gasteiger charge is -2.09. The summed E-state index contributed by atoms with van der Waals surface area (Å²) in [6.45, 7) is 0. The molecule has 6 heteroatoms. The van der Waals surface area contributed by atoms with E-state index >= 15 is 0 Å². The van der Waals surface area contributed by atoms with E-state index in [-0.39, 0.29) is 12.2 Å². The molecule has 0 heterocycles. The van der Waals surface area contributed by atoms with Crippen molar-refractivity contribution in [3.8, 4) is 0 Å². The number of Topliss-reactive ketones (excluding diaryl/α,β-unsaturated/α-hetero) is 1. The molecule has 1 aromatic rings. The SMILES string of the molecule is Nc1ccccc1C(=O)C[C@H](NBr)C(=O)O. The van der Waals surface area contributed by atoms with Crippen molar-refractivity contribution in [3.05, 3.63) is 29.8 Å². The van der Waals surface area contributed by atoms with Crippen molar-refractivity contribution >= 4 is 33.6 Å². The zero-order chi connectivity index (χ0) is 12.1. The fraction of sp³-hybridized carbons (Fsp3) is 0.200. The molecule has 1 atom stereocenters. The predicted molar refractivity (Wildman–Crippen MR) is 63.3 cm³/mol. The Morgan fingerprint density at radius 2 is 2.06 bits per heavy atom. The average molecular weight is 287 g/mol. The minimum atomic E-state index is -1.10. The summed E-state index contributed by atoms with van der Waals surface area (Å²) in [6, 6.07) is 5.60. The smallest absolute Gasteiger partial charge is 0.322 e. The van der Waals surface area contributed by atoms with Crippen LogP contribution in [0.4, 0.5) is 5.69 Å². The van der Waals surface area contributed by atoms with Gasteiger partial charge in [-0.15, -0.1) is 0 Å². The summed E-state index contributed by atoms with van der Waals surface area (Å²) in [5, 5.41) is 8.76. The molecule has 0 unspecified atom stereocenters. The molecule has 16 heavy (non-hydrogen) atoms. The molecule has 0 amide bonds. The lowest BCUT2D eigenvalue weighted by atomic mass is 10.0. The number of anilines is 1. The molecule has 5 nitrogen and oxygen atoms in total. The van der Waals surface area contributed by atoms with E-state index in [4.69, 9.17) is 10.8 Å². The van der Waals surface area contributed by atoms with Gasteiger partial charge in [-0.05, 0) is 12.1 Å². The molecule has 0 radical (unpaired) electrons. The Hall–Kier alpha value is -1.40. The summed E-state index contributed by atoms with van der Waals surface area (Å²) in [5.41, 5.74) is 6.31. The average Bonchev–Trinajstić information content (AvgIpc) is 2.25. The first-order valence-electron chi connectivity index (χ1n) is 4.53. The van der Waals surface area contributed by atoms with Gasteiger partial charge in [-0.2, -0.15) is 0 Å². The summed E-state index contributed by atoms with van der Waals surface area (Å²) < 4.78 is 2.37. The van der Waals surface area contributed by atoms with Crippen LogP contribution in [0.3, 0.4) is 0 Å². The number of para-hydroxylation sites is 1. The Bertz CT molecular complexity index is 409. The Kier molecular flexibility index (Phi) is 4.45. The monoisotopic (exact) mass is 286 g/mol. The zero-order valence-corrected chi connectivity index (χ0v) is 9.90. The predicted octanol–water partition coefficient (Wildman–Crippen LogP) is 1.19. The number of nitrogens with one attached hydrogen (secondary N) is 1. The number of carboxylic acid groups (broad SMARTS) is 1. The van der Waals surface area contributed by atoms with Crippen LogP contribution in [-0.2, 0) is 4.79 Å². The Morgan fingerprint density at radius 1 is 1.44 bits per heavy atom. The van der Waals surface area contributed by atoms with E-state index in [2.05, 4.69) is 20.5 Å². The third kappa shape index (κ3) is 3.04. The summed E-state index contributed by atoms with van der Waals surface area (Å²) in [6.07, 6.45) is -0.158. The van der Waals surface area contributed by atoms with Gasteiger partial charge in [0.25, 0.3) is 0 Å². The van der Waals surface area contributed by atoms with Gasteiger partial charge >= 0.3 is 5.97 Å². The second-order valence-corrected chi connectivity index (χ2v) is 3.67. The summed E-state index contributed by atoms with van der Waals surface area (Å²) >= 11 is 2.82. The summed E-state index contributed by atoms with van der Waals surface area (Å²) in [7, 11) is 0. The Balaban J connectivity index is 2.80. The number of nitrogen functional groups attached to an aromatic ring is 1. The molecule has 1 aromatic carbocycles. The van der Waals surface area contributed by atoms with E-state index in [9.17, 15) is 9.59 Å². The number of ketones is 1. The van der Waals surface area contributed by atoms with Crippen LogP contribution in [-0.4, -0.2) is 22.9 Å². The van der Waals surface area contributed by atoms with Gasteiger partial charge in [-0.25, -0.2) is 4.34 Å². The second-order valence-electron chi connectivity index (χ2n) is 3.21. The number of carboxylic acids is 1. The molecule has 0 aliphatic rings. The number of carbonyl (C=O) groups is 2. The first-order chi connectivity index (χ1) is 7.56. The van der Waals surface area contributed by atoms with E-state index in [1.54, 1.807) is 24.3 Å². The van der Waals surface area contributed by atoms with Crippen LogP contribution < -0.4 is 10.1 Å². The fourth-order valence-electron chi connectivity index (χ4n) is 1.22. The van der Waals surface area contributed by atoms with Crippen LogP contribution in [0.15, 0.2) is 24.3 Å². The first kappa shape index (κ1) is 12.7. The number of benzene rings is 1. The third-order valence-corrected chi connectivity index (χ3v) is 2.63. The maximum Gasteiger partial charge on any atom is 0.322 e. The molecule has 0 aromatic heterocycles. The van der Waals surface area contributed by atoms with Gasteiger partial charge in [0.1, 0.15) is 6.04 Å². The van der Waals surface area contributed by atoms with E-state index in [1.165, 1.54) is 0 Å². The van der Waals surface area contributed by atoms with E-state index in [1.807, 2.05) is 0 Å². The number of halogens is 1. The highest BCUT2D eigenvalue weighted by atomic mass is 79.9. The van der Waals surface area contributed by atoms with Crippen molar-refractivity contribution in [1.82, 2.24) is 4.34 Å². The second kappa shape index (κ2) is 5.62. The molecule has 0 fully saturated rings. The number of aliphatic carboxylic acids is 1. The number of rotatable bonds is 5. The van der Waals surface area contributed by atoms with Gasteiger partial charge in [0, 0.05) is 33.8 Å². The van der Waals surface area contributed by atoms with Crippen LogP contribution >= 0.6 is 16.1 Å². The number of hydrogen-bond acceptors (Lipinski definition) is 4. The van der Waals surface area contributed by atoms with Gasteiger partial charge in [-0.1, -0.05) is 12.1 Å². The molecular formula is C10H11BrN2O3. The van der Waals surface area contributed by atoms with Crippen molar-refractivity contribution < 1.29 is 14.7 Å². The third-order valence-electron chi connectivity index (χ3n) is 2.08. The Morgan fingerprint density at radius 3 is 2.56 bits per heavy atom. The van der Waals surface area contributed by atoms with Crippen LogP contribution in [0.25, 0.3) is 0 Å². The molecule has 0 spiro atoms. The molecule has 0 saturated carbocycles. The van der Waals surface area contributed by atoms with Crippen LogP contribution in [0, 0.1) is 0 Å². The Labute approximate surface area is 101 Å². The maximum atomic E-state index is 11.7. The molecule has 86 valence electrons. The lowest BCUT2D eigenvalue weighted by molar-refractivity contribution is -0.138. The highest BCUT2D eigenvalue weighted by Crippen LogP contribution is 2.14. The summed E-state index contributed by atoms with van der Waals surface area (Å²) in [5.74, 6) is -1.41. The van der Waals surface area contributed by atoms with Crippen LogP contribution in [0.5, 0.6) is 0 Å². The van der Waals surface area contributed by atoms with Crippen molar-refractivity contribution in [2.75, 3.05) is 5.73 Å². The summed E-state index contributed by atoms with van der Waals surface area (Å²) in [4.78, 5) is 22.4. The number of nitrogens with two attached hydrogens (primary N) is 1. The molecule has 0 aliphatic heterocycles. The minimum absolute atomic E-state index is 0.158. The van der Waals surface area contributed by atoms with Crippen molar-refractivity contribution in [2.45, 2.75) is 12.5 Å². The van der Waals surface area contributed by atoms with Gasteiger partial charge < -0.3 is 10.8 Å². The zero-order valence-electron chi connectivity index (χ0n) is 8.31. The van der Waals surface area contributed by atoms with Gasteiger partial charge in [0.15, 0.2) is 5.78 Å². The number of hydrogen-bond donors (Lipinski definition) is 3. The highest BCUT2D eigenvalue weighted by molar-refractivity contribution is 9.08. The molecule has 4 N–H and O–H groups in total. The van der Waals surface area contributed by atoms with Gasteiger partial charge in [0.05, 0.1) is 0 Å². The van der Waals surface area contributed by atoms with Gasteiger partial charge in [0.2, 0.25) is 0 Å². The standard InChI is InChI=1S/C10H11BrN2O3/c11-13-8(10(15)16)5-9(14)6-3-1-2-4-7(6)12/h1-4,8,13H,5,12H2,(H,15,16)/t8-/m0/s1. The topological polar surface area (TPSA) is 92.4 Å². The minimum Gasteiger partial charge on any atom is -0.480 e. The maximum absolute atomic E-state index is 11.7. The van der Waals surface area contributed by atoms with E-state index in [0.29, 0.717) is 11.3 Å². The van der Waals surface area contributed by atoms with E-state index < -0.39 is 12.0 Å². The molecular weight excluding hydrogens is 276 g/mol. The molecule has 0 bridgehead atoms. The highest BCUT2D eigenvalue weighted by Gasteiger charge is 2.21. The molecule has 1 rings (SSSR count). The fourth-order valence-corrected chi connectivity index (χ4v) is 1.58. The largest absolute Gasteiger partial charge is 0.480 e. The van der Waals surface area contributed by atoms with Crippen LogP contribution in [0.1, 0.15) is 16.8 Å². The lowest BCUT2D eigenvalue weighted by Crippen LogP contribution is -2.32. The van der Waals surface area contributed by atoms with Crippen molar-refractivity contribution in [1.29, 1.82) is 0 Å². The van der Waals surface area contributed by atoms with Gasteiger partial charge in [-0.3, -0.25) is 9.59 Å². The normalized spacial score (nSPS) is 12.1. The van der Waals surface area contributed by atoms with Crippen molar-refractivity contribution in [2.24, 2.45) is 0 Å². The number of carbonyl (C=O) groups excluding carboxylic acids is 1. The quantitative estimate of drug-likeness (QED) is 0.430. The van der Waals surface area contributed by atoms with Crippen LogP contribution in [0.2, 0.25) is 0 Å². The van der Waals surface area contributed by atoms with Crippen molar-refractivity contribution in [3.63, 3.8) is 0 Å². The molecule has 0 saturated heterocycles. The van der Waals surface area contributed by atoms with E-state index in [0.717, 1.165) is 0 Å².